The molecule has 29 heavy (non-hydrogen) atoms. The fourth-order valence-electron chi connectivity index (χ4n) is 2.67. The van der Waals surface area contributed by atoms with Crippen molar-refractivity contribution in [2.24, 2.45) is 0 Å². The number of allylic oxidation sites excluding steroid dienone is 4. The number of carbonyl (C=O) groups excluding carboxylic acids is 1. The molecule has 1 heterocycles. The smallest absolute Gasteiger partial charge is 0.256 e. The number of amides is 1. The number of nitrogens with zero attached hydrogens (tertiary/aromatic N) is 4. The number of halogens is 2. The van der Waals surface area contributed by atoms with Crippen molar-refractivity contribution in [1.82, 2.24) is 19.9 Å². The third-order valence-electron chi connectivity index (χ3n) is 4.18. The van der Waals surface area contributed by atoms with E-state index in [0.29, 0.717) is 17.3 Å². The van der Waals surface area contributed by atoms with Gasteiger partial charge in [0.1, 0.15) is 18.1 Å². The second-order valence-corrected chi connectivity index (χ2v) is 6.62. The molecule has 1 atom stereocenters. The predicted molar refractivity (Wildman–Crippen MR) is 111 cm³/mol. The van der Waals surface area contributed by atoms with Gasteiger partial charge in [0.15, 0.2) is 5.82 Å². The summed E-state index contributed by atoms with van der Waals surface area (Å²) in [5.41, 5.74) is 0.191. The van der Waals surface area contributed by atoms with Crippen LogP contribution < -0.4 is 0 Å². The van der Waals surface area contributed by atoms with Crippen LogP contribution in [0.5, 0.6) is 0 Å². The Hall–Kier alpha value is -2.93. The van der Waals surface area contributed by atoms with E-state index >= 15 is 0 Å². The molecule has 1 aromatic heterocycles. The van der Waals surface area contributed by atoms with Gasteiger partial charge in [-0.3, -0.25) is 4.79 Å². The van der Waals surface area contributed by atoms with Crippen molar-refractivity contribution in [1.29, 1.82) is 0 Å². The first-order valence-corrected chi connectivity index (χ1v) is 9.54. The molecular formula is C21H24ClFN4O2. The summed E-state index contributed by atoms with van der Waals surface area (Å²) >= 11 is 5.91. The lowest BCUT2D eigenvalue weighted by Crippen LogP contribution is -2.41. The lowest BCUT2D eigenvalue weighted by atomic mass is 10.1. The Morgan fingerprint density at radius 2 is 2.07 bits per heavy atom. The van der Waals surface area contributed by atoms with Gasteiger partial charge in [0.05, 0.1) is 24.0 Å². The summed E-state index contributed by atoms with van der Waals surface area (Å²) in [5.74, 6) is -0.493. The molecule has 0 saturated heterocycles. The molecule has 154 valence electrons. The van der Waals surface area contributed by atoms with Crippen LogP contribution in [0.25, 0.3) is 5.69 Å². The number of aromatic nitrogens is 3. The first-order chi connectivity index (χ1) is 13.9. The summed E-state index contributed by atoms with van der Waals surface area (Å²) in [7, 11) is 0. The van der Waals surface area contributed by atoms with E-state index in [-0.39, 0.29) is 29.8 Å². The Bertz CT molecular complexity index is 909. The standard InChI is InChI=1S/C21H24ClFN4O2/c1-5-17(22)11-10-16(4)29-14-15(3)26(6-2)21(28)18-8-7-9-19(23)20(18)27-24-12-13-25-27/h5,7-13,15H,4,6,14H2,1-3H3/b11-10-,17-5+. The average molecular weight is 419 g/mol. The van der Waals surface area contributed by atoms with Crippen LogP contribution in [0.15, 0.2) is 66.2 Å². The normalized spacial score (nSPS) is 12.8. The number of para-hydroxylation sites is 1. The highest BCUT2D eigenvalue weighted by molar-refractivity contribution is 6.31. The molecule has 1 unspecified atom stereocenters. The molecule has 8 heteroatoms. The highest BCUT2D eigenvalue weighted by atomic mass is 35.5. The summed E-state index contributed by atoms with van der Waals surface area (Å²) in [6.45, 7) is 9.97. The van der Waals surface area contributed by atoms with E-state index in [4.69, 9.17) is 16.3 Å². The van der Waals surface area contributed by atoms with Gasteiger partial charge in [0.2, 0.25) is 0 Å². The molecule has 0 aliphatic heterocycles. The van der Waals surface area contributed by atoms with Crippen molar-refractivity contribution >= 4 is 17.5 Å². The van der Waals surface area contributed by atoms with Gasteiger partial charge >= 0.3 is 0 Å². The summed E-state index contributed by atoms with van der Waals surface area (Å²) in [4.78, 5) is 15.9. The number of hydrogen-bond acceptors (Lipinski definition) is 4. The topological polar surface area (TPSA) is 60.2 Å². The van der Waals surface area contributed by atoms with E-state index in [2.05, 4.69) is 16.8 Å². The number of benzene rings is 1. The van der Waals surface area contributed by atoms with E-state index < -0.39 is 5.82 Å². The van der Waals surface area contributed by atoms with Crippen molar-refractivity contribution < 1.29 is 13.9 Å². The summed E-state index contributed by atoms with van der Waals surface area (Å²) in [6, 6.07) is 4.03. The third kappa shape index (κ3) is 5.77. The maximum Gasteiger partial charge on any atom is 0.256 e. The first kappa shape index (κ1) is 22.4. The minimum absolute atomic E-state index is 0.0161. The second-order valence-electron chi connectivity index (χ2n) is 6.18. The largest absolute Gasteiger partial charge is 0.492 e. The minimum atomic E-state index is -0.577. The third-order valence-corrected chi connectivity index (χ3v) is 4.53. The molecule has 0 saturated carbocycles. The molecule has 6 nitrogen and oxygen atoms in total. The highest BCUT2D eigenvalue weighted by Crippen LogP contribution is 2.20. The van der Waals surface area contributed by atoms with Gasteiger partial charge in [-0.1, -0.05) is 30.3 Å². The molecule has 1 amide bonds. The van der Waals surface area contributed by atoms with Crippen molar-refractivity contribution in [2.75, 3.05) is 13.2 Å². The zero-order valence-corrected chi connectivity index (χ0v) is 17.4. The SMILES string of the molecule is C=C(/C=C\C(Cl)=C/C)OCC(C)N(CC)C(=O)c1cccc(F)c1-n1nccn1. The Balaban J connectivity index is 2.16. The second kappa shape index (κ2) is 10.6. The first-order valence-electron chi connectivity index (χ1n) is 9.16. The molecular weight excluding hydrogens is 395 g/mol. The molecule has 2 rings (SSSR count). The van der Waals surface area contributed by atoms with Crippen LogP contribution in [-0.2, 0) is 4.74 Å². The van der Waals surface area contributed by atoms with E-state index in [1.165, 1.54) is 24.5 Å². The molecule has 0 spiro atoms. The van der Waals surface area contributed by atoms with E-state index in [1.807, 2.05) is 20.8 Å². The Kier molecular flexibility index (Phi) is 8.15. The molecule has 0 aliphatic rings. The number of rotatable bonds is 9. The van der Waals surface area contributed by atoms with Crippen LogP contribution in [0.3, 0.4) is 0 Å². The lowest BCUT2D eigenvalue weighted by molar-refractivity contribution is 0.0602. The summed E-state index contributed by atoms with van der Waals surface area (Å²) in [6.07, 6.45) is 7.92. The fourth-order valence-corrected chi connectivity index (χ4v) is 2.73. The van der Waals surface area contributed by atoms with Crippen LogP contribution in [0.4, 0.5) is 4.39 Å². The monoisotopic (exact) mass is 418 g/mol. The van der Waals surface area contributed by atoms with Crippen molar-refractivity contribution in [2.45, 2.75) is 26.8 Å². The lowest BCUT2D eigenvalue weighted by Gasteiger charge is -2.28. The maximum absolute atomic E-state index is 14.4. The molecule has 0 radical (unpaired) electrons. The van der Waals surface area contributed by atoms with Crippen LogP contribution in [0.1, 0.15) is 31.1 Å². The highest BCUT2D eigenvalue weighted by Gasteiger charge is 2.25. The molecule has 0 fully saturated rings. The zero-order chi connectivity index (χ0) is 21.4. The van der Waals surface area contributed by atoms with Crippen LogP contribution in [0.2, 0.25) is 0 Å². The number of carbonyl (C=O) groups is 1. The minimum Gasteiger partial charge on any atom is -0.492 e. The molecule has 0 aliphatic carbocycles. The van der Waals surface area contributed by atoms with Gasteiger partial charge in [-0.15, -0.1) is 4.80 Å². The molecule has 2 aromatic rings. The fraction of sp³-hybridized carbons (Fsp3) is 0.286. The van der Waals surface area contributed by atoms with E-state index in [1.54, 1.807) is 29.2 Å². The van der Waals surface area contributed by atoms with Crippen molar-refractivity contribution in [3.8, 4) is 5.69 Å². The molecule has 0 N–H and O–H groups in total. The van der Waals surface area contributed by atoms with Gasteiger partial charge < -0.3 is 9.64 Å². The van der Waals surface area contributed by atoms with Gasteiger partial charge in [0.25, 0.3) is 5.91 Å². The summed E-state index contributed by atoms with van der Waals surface area (Å²) < 4.78 is 20.1. The maximum atomic E-state index is 14.4. The van der Waals surface area contributed by atoms with E-state index in [9.17, 15) is 9.18 Å². The zero-order valence-electron chi connectivity index (χ0n) is 16.7. The Morgan fingerprint density at radius 1 is 1.38 bits per heavy atom. The van der Waals surface area contributed by atoms with Gasteiger partial charge in [-0.2, -0.15) is 10.2 Å². The van der Waals surface area contributed by atoms with Crippen LogP contribution in [0, 0.1) is 5.82 Å². The predicted octanol–water partition coefficient (Wildman–Crippen LogP) is 4.49. The van der Waals surface area contributed by atoms with Gasteiger partial charge in [0, 0.05) is 11.6 Å². The van der Waals surface area contributed by atoms with Crippen LogP contribution in [-0.4, -0.2) is 45.0 Å². The number of ether oxygens (including phenoxy) is 1. The quantitative estimate of drug-likeness (QED) is 0.444. The Morgan fingerprint density at radius 3 is 2.69 bits per heavy atom. The average Bonchev–Trinajstić information content (AvgIpc) is 3.24. The summed E-state index contributed by atoms with van der Waals surface area (Å²) in [5, 5.41) is 8.48. The van der Waals surface area contributed by atoms with Crippen LogP contribution >= 0.6 is 11.6 Å². The van der Waals surface area contributed by atoms with Crippen molar-refractivity contribution in [3.05, 3.63) is 77.6 Å². The van der Waals surface area contributed by atoms with Crippen molar-refractivity contribution in [3.63, 3.8) is 0 Å². The van der Waals surface area contributed by atoms with E-state index in [0.717, 1.165) is 4.80 Å². The number of hydrogen-bond donors (Lipinski definition) is 0. The number of likely N-dealkylation sites (N-methyl/N-ethyl adjacent to an activating group) is 1. The van der Waals surface area contributed by atoms with Gasteiger partial charge in [-0.25, -0.2) is 4.39 Å². The molecule has 1 aromatic carbocycles. The Labute approximate surface area is 174 Å². The molecule has 0 bridgehead atoms. The van der Waals surface area contributed by atoms with Gasteiger partial charge in [-0.05, 0) is 45.1 Å².